The summed E-state index contributed by atoms with van der Waals surface area (Å²) in [7, 11) is 0. The van der Waals surface area contributed by atoms with Gasteiger partial charge in [0.05, 0.1) is 11.0 Å². The van der Waals surface area contributed by atoms with E-state index < -0.39 is 16.4 Å². The molecule has 19 heavy (non-hydrogen) atoms. The molecule has 0 atom stereocenters. The van der Waals surface area contributed by atoms with Gasteiger partial charge in [0.2, 0.25) is 5.75 Å². The highest BCUT2D eigenvalue weighted by Gasteiger charge is 2.16. The van der Waals surface area contributed by atoms with E-state index >= 15 is 0 Å². The van der Waals surface area contributed by atoms with Crippen LogP contribution < -0.4 is 4.74 Å². The second-order valence-electron chi connectivity index (χ2n) is 3.75. The third-order valence-electron chi connectivity index (χ3n) is 2.42. The molecular weight excluding hydrogens is 273 g/mol. The lowest BCUT2D eigenvalue weighted by Crippen LogP contribution is -1.94. The van der Waals surface area contributed by atoms with Crippen molar-refractivity contribution >= 4 is 17.3 Å². The largest absolute Gasteiger partial charge is 0.450 e. The summed E-state index contributed by atoms with van der Waals surface area (Å²) < 4.78 is 18.3. The highest BCUT2D eigenvalue weighted by molar-refractivity contribution is 6.17. The van der Waals surface area contributed by atoms with E-state index in [0.717, 1.165) is 17.7 Å². The van der Waals surface area contributed by atoms with E-state index in [1.54, 1.807) is 24.3 Å². The maximum absolute atomic E-state index is 13.0. The van der Waals surface area contributed by atoms with Gasteiger partial charge >= 0.3 is 5.69 Å². The molecule has 0 aliphatic rings. The van der Waals surface area contributed by atoms with Crippen LogP contribution in [-0.4, -0.2) is 4.92 Å². The quantitative estimate of drug-likeness (QED) is 0.478. The molecule has 6 heteroatoms. The number of halogens is 2. The van der Waals surface area contributed by atoms with Crippen molar-refractivity contribution in [1.29, 1.82) is 0 Å². The lowest BCUT2D eigenvalue weighted by molar-refractivity contribution is -0.385. The van der Waals surface area contributed by atoms with E-state index in [-0.39, 0.29) is 5.75 Å². The monoisotopic (exact) mass is 281 g/mol. The molecule has 0 radical (unpaired) electrons. The lowest BCUT2D eigenvalue weighted by atomic mass is 10.2. The van der Waals surface area contributed by atoms with Crippen LogP contribution in [0.4, 0.5) is 10.1 Å². The molecule has 0 aromatic heterocycles. The summed E-state index contributed by atoms with van der Waals surface area (Å²) in [5.74, 6) is 0.0990. The summed E-state index contributed by atoms with van der Waals surface area (Å²) in [5, 5.41) is 10.8. The van der Waals surface area contributed by atoms with Crippen LogP contribution in [0.5, 0.6) is 11.5 Å². The Bertz CT molecular complexity index is 601. The molecule has 0 aliphatic carbocycles. The number of nitro groups is 1. The van der Waals surface area contributed by atoms with Gasteiger partial charge in [-0.2, -0.15) is 0 Å². The minimum Gasteiger partial charge on any atom is -0.450 e. The molecule has 0 amide bonds. The Balaban J connectivity index is 2.29. The van der Waals surface area contributed by atoms with Crippen molar-refractivity contribution in [3.63, 3.8) is 0 Å². The summed E-state index contributed by atoms with van der Waals surface area (Å²) in [6.45, 7) is 0. The first-order valence-corrected chi connectivity index (χ1v) is 5.90. The molecule has 0 fully saturated rings. The van der Waals surface area contributed by atoms with Crippen LogP contribution in [0.2, 0.25) is 0 Å². The van der Waals surface area contributed by atoms with Crippen molar-refractivity contribution in [2.75, 3.05) is 0 Å². The third kappa shape index (κ3) is 3.20. The van der Waals surface area contributed by atoms with E-state index in [2.05, 4.69) is 0 Å². The van der Waals surface area contributed by atoms with Gasteiger partial charge in [-0.15, -0.1) is 11.6 Å². The average molecular weight is 282 g/mol. The molecule has 2 aromatic rings. The molecule has 98 valence electrons. The van der Waals surface area contributed by atoms with E-state index in [1.165, 1.54) is 6.07 Å². The van der Waals surface area contributed by atoms with Crippen LogP contribution in [0.3, 0.4) is 0 Å². The van der Waals surface area contributed by atoms with Crippen LogP contribution >= 0.6 is 11.6 Å². The molecule has 2 aromatic carbocycles. The molecule has 0 N–H and O–H groups in total. The minimum absolute atomic E-state index is 0.00924. The second-order valence-corrected chi connectivity index (χ2v) is 4.02. The first-order valence-electron chi connectivity index (χ1n) is 5.37. The smallest absolute Gasteiger partial charge is 0.314 e. The highest BCUT2D eigenvalue weighted by atomic mass is 35.5. The topological polar surface area (TPSA) is 52.4 Å². The van der Waals surface area contributed by atoms with Gasteiger partial charge in [0, 0.05) is 5.88 Å². The maximum atomic E-state index is 13.0. The normalized spacial score (nSPS) is 10.2. The van der Waals surface area contributed by atoms with Crippen molar-refractivity contribution in [3.05, 3.63) is 64.0 Å². The summed E-state index contributed by atoms with van der Waals surface area (Å²) >= 11 is 5.65. The lowest BCUT2D eigenvalue weighted by Gasteiger charge is -2.06. The third-order valence-corrected chi connectivity index (χ3v) is 2.73. The number of hydrogen-bond acceptors (Lipinski definition) is 3. The zero-order valence-corrected chi connectivity index (χ0v) is 10.4. The Morgan fingerprint density at radius 1 is 1.21 bits per heavy atom. The molecule has 0 spiro atoms. The average Bonchev–Trinajstić information content (AvgIpc) is 2.41. The Hall–Kier alpha value is -2.14. The van der Waals surface area contributed by atoms with Gasteiger partial charge in [0.15, 0.2) is 0 Å². The van der Waals surface area contributed by atoms with Gasteiger partial charge in [0.25, 0.3) is 0 Å². The number of rotatable bonds is 4. The van der Waals surface area contributed by atoms with E-state index in [9.17, 15) is 14.5 Å². The molecular formula is C13H9ClFNO3. The second kappa shape index (κ2) is 5.67. The molecule has 0 unspecified atom stereocenters. The van der Waals surface area contributed by atoms with Crippen LogP contribution in [0.1, 0.15) is 5.56 Å². The van der Waals surface area contributed by atoms with Crippen LogP contribution in [0.25, 0.3) is 0 Å². The predicted octanol–water partition coefficient (Wildman–Crippen LogP) is 4.27. The molecule has 0 saturated carbocycles. The van der Waals surface area contributed by atoms with E-state index in [0.29, 0.717) is 11.6 Å². The number of alkyl halides is 1. The van der Waals surface area contributed by atoms with E-state index in [4.69, 9.17) is 16.3 Å². The summed E-state index contributed by atoms with van der Waals surface area (Å²) in [6.07, 6.45) is 0. The van der Waals surface area contributed by atoms with Crippen molar-refractivity contribution in [3.8, 4) is 11.5 Å². The van der Waals surface area contributed by atoms with Crippen molar-refractivity contribution in [2.45, 2.75) is 5.88 Å². The van der Waals surface area contributed by atoms with Crippen LogP contribution in [0.15, 0.2) is 42.5 Å². The van der Waals surface area contributed by atoms with Gasteiger partial charge < -0.3 is 4.74 Å². The van der Waals surface area contributed by atoms with Gasteiger partial charge in [-0.1, -0.05) is 12.1 Å². The number of hydrogen-bond donors (Lipinski definition) is 0. The van der Waals surface area contributed by atoms with Crippen LogP contribution in [-0.2, 0) is 5.88 Å². The zero-order chi connectivity index (χ0) is 13.8. The van der Waals surface area contributed by atoms with Crippen molar-refractivity contribution in [2.24, 2.45) is 0 Å². The first kappa shape index (κ1) is 13.3. The number of nitro benzene ring substituents is 1. The molecule has 2 rings (SSSR count). The Kier molecular flexibility index (Phi) is 3.97. The van der Waals surface area contributed by atoms with E-state index in [1.807, 2.05) is 0 Å². The summed E-state index contributed by atoms with van der Waals surface area (Å²) in [5.41, 5.74) is 0.490. The predicted molar refractivity (Wildman–Crippen MR) is 69.1 cm³/mol. The van der Waals surface area contributed by atoms with Gasteiger partial charge in [0.1, 0.15) is 11.6 Å². The van der Waals surface area contributed by atoms with Crippen molar-refractivity contribution in [1.82, 2.24) is 0 Å². The Morgan fingerprint density at radius 2 is 1.89 bits per heavy atom. The minimum atomic E-state index is -0.689. The molecule has 0 saturated heterocycles. The van der Waals surface area contributed by atoms with Gasteiger partial charge in [-0.3, -0.25) is 10.1 Å². The molecule has 0 heterocycles. The fourth-order valence-corrected chi connectivity index (χ4v) is 1.67. The molecule has 0 bridgehead atoms. The first-order chi connectivity index (χ1) is 9.10. The summed E-state index contributed by atoms with van der Waals surface area (Å²) in [4.78, 5) is 10.1. The standard InChI is InChI=1S/C13H9ClFNO3/c14-8-9-1-4-11(5-2-9)19-13-6-3-10(15)7-12(13)16(17)18/h1-7H,8H2. The Labute approximate surface area is 113 Å². The molecule has 0 aliphatic heterocycles. The SMILES string of the molecule is O=[N+]([O-])c1cc(F)ccc1Oc1ccc(CCl)cc1. The Morgan fingerprint density at radius 3 is 2.47 bits per heavy atom. The highest BCUT2D eigenvalue weighted by Crippen LogP contribution is 2.31. The number of benzene rings is 2. The molecule has 4 nitrogen and oxygen atoms in total. The van der Waals surface area contributed by atoms with Crippen LogP contribution in [0, 0.1) is 15.9 Å². The zero-order valence-electron chi connectivity index (χ0n) is 9.68. The van der Waals surface area contributed by atoms with Gasteiger partial charge in [-0.05, 0) is 29.8 Å². The fraction of sp³-hybridized carbons (Fsp3) is 0.0769. The van der Waals surface area contributed by atoms with Crippen molar-refractivity contribution < 1.29 is 14.1 Å². The number of ether oxygens (including phenoxy) is 1. The van der Waals surface area contributed by atoms with Gasteiger partial charge in [-0.25, -0.2) is 4.39 Å². The maximum Gasteiger partial charge on any atom is 0.314 e. The fourth-order valence-electron chi connectivity index (χ4n) is 1.49. The summed E-state index contributed by atoms with van der Waals surface area (Å²) in [6, 6.07) is 9.94. The number of nitrogens with zero attached hydrogens (tertiary/aromatic N) is 1.